The lowest BCUT2D eigenvalue weighted by Crippen LogP contribution is -2.39. The van der Waals surface area contributed by atoms with Gasteiger partial charge in [0.1, 0.15) is 11.6 Å². The van der Waals surface area contributed by atoms with Crippen LogP contribution in [0.15, 0.2) is 97.3 Å². The Morgan fingerprint density at radius 3 is 1.32 bits per heavy atom. The Bertz CT molecular complexity index is 2790. The molecule has 4 heterocycles. The molecule has 0 aliphatic carbocycles. The highest BCUT2D eigenvalue weighted by Gasteiger charge is 2.29. The number of carbonyl (C=O) groups is 2. The number of carbonyl (C=O) groups excluding carboxylic acids is 2. The van der Waals surface area contributed by atoms with E-state index in [1.54, 1.807) is 12.4 Å². The van der Waals surface area contributed by atoms with Crippen LogP contribution in [0, 0.1) is 0 Å². The summed E-state index contributed by atoms with van der Waals surface area (Å²) in [5.74, 6) is 1.57. The maximum absolute atomic E-state index is 12.2. The van der Waals surface area contributed by atoms with Crippen molar-refractivity contribution in [3.8, 4) is 22.3 Å². The Kier molecular flexibility index (Phi) is 23.6. The van der Waals surface area contributed by atoms with Gasteiger partial charge in [-0.15, -0.1) is 10.2 Å². The summed E-state index contributed by atoms with van der Waals surface area (Å²) >= 11 is 26.1. The second-order valence-corrected chi connectivity index (χ2v) is 21.4. The van der Waals surface area contributed by atoms with Gasteiger partial charge in [-0.05, 0) is 108 Å². The first-order valence-electron chi connectivity index (χ1n) is 27.0. The minimum Gasteiger partial charge on any atom is -0.377 e. The van der Waals surface area contributed by atoms with Gasteiger partial charge in [0.15, 0.2) is 0 Å². The minimum absolute atomic E-state index is 0.133. The van der Waals surface area contributed by atoms with E-state index in [1.165, 1.54) is 22.3 Å². The van der Waals surface area contributed by atoms with E-state index < -0.39 is 0 Å². The quantitative estimate of drug-likeness (QED) is 0.0243. The maximum Gasteiger partial charge on any atom is 0.314 e. The van der Waals surface area contributed by atoms with Gasteiger partial charge >= 0.3 is 12.1 Å². The third-order valence-corrected chi connectivity index (χ3v) is 14.7. The number of nitrogens with zero attached hydrogens (tertiary/aromatic N) is 6. The number of unbranched alkanes of at least 4 members (excludes halogenated alkanes) is 1. The molecule has 6 N–H and O–H groups in total. The molecule has 0 unspecified atom stereocenters. The van der Waals surface area contributed by atoms with Crippen LogP contribution < -0.4 is 31.9 Å². The fraction of sp³-hybridized carbons (Fsp3) is 0.414. The number of hydrogen-bond donors (Lipinski definition) is 6. The normalized spacial score (nSPS) is 15.2. The summed E-state index contributed by atoms with van der Waals surface area (Å²) < 4.78 is 22.6. The predicted octanol–water partition coefficient (Wildman–Crippen LogP) is 9.34. The van der Waals surface area contributed by atoms with Crippen LogP contribution in [0.4, 0.5) is 21.2 Å². The molecule has 4 aromatic carbocycles. The van der Waals surface area contributed by atoms with Crippen LogP contribution >= 0.6 is 46.4 Å². The monoisotopic (exact) mass is 1170 g/mol. The van der Waals surface area contributed by atoms with Gasteiger partial charge in [-0.1, -0.05) is 94.9 Å². The number of halogens is 4. The van der Waals surface area contributed by atoms with Crippen molar-refractivity contribution in [3.05, 3.63) is 151 Å². The van der Waals surface area contributed by atoms with Crippen molar-refractivity contribution in [1.29, 1.82) is 0 Å². The maximum atomic E-state index is 12.2. The molecule has 2 aromatic heterocycles. The third kappa shape index (κ3) is 18.3. The van der Waals surface area contributed by atoms with E-state index in [1.807, 2.05) is 36.4 Å². The number of hydrogen-bond acceptors (Lipinski definition) is 14. The number of likely N-dealkylation sites (N-methyl/N-ethyl adjacent to an activating group) is 2. The van der Waals surface area contributed by atoms with Crippen LogP contribution in [0.5, 0.6) is 0 Å². The topological polar surface area (TPSA) is 201 Å². The highest BCUT2D eigenvalue weighted by atomic mass is 35.5. The zero-order chi connectivity index (χ0) is 56.1. The molecular formula is C58H70Cl4N12O6. The van der Waals surface area contributed by atoms with E-state index in [0.717, 1.165) is 59.6 Å². The smallest absolute Gasteiger partial charge is 0.314 e. The lowest BCUT2D eigenvalue weighted by atomic mass is 9.84. The Morgan fingerprint density at radius 1 is 0.500 bits per heavy atom. The fourth-order valence-corrected chi connectivity index (χ4v) is 10.9. The molecule has 2 atom stereocenters. The molecule has 4 amide bonds. The summed E-state index contributed by atoms with van der Waals surface area (Å²) in [5, 5.41) is 37.4. The fourth-order valence-electron chi connectivity index (χ4n) is 9.75. The van der Waals surface area contributed by atoms with Crippen LogP contribution in [0.2, 0.25) is 20.1 Å². The average molecular weight is 1170 g/mol. The van der Waals surface area contributed by atoms with Gasteiger partial charge in [0, 0.05) is 109 Å². The van der Waals surface area contributed by atoms with Gasteiger partial charge in [-0.2, -0.15) is 10.2 Å². The predicted molar refractivity (Wildman–Crippen MR) is 317 cm³/mol. The van der Waals surface area contributed by atoms with Crippen LogP contribution in [0.3, 0.4) is 0 Å². The minimum atomic E-state index is -0.273. The molecule has 0 fully saturated rings. The first kappa shape index (κ1) is 60.2. The molecule has 0 radical (unpaired) electrons. The van der Waals surface area contributed by atoms with Crippen molar-refractivity contribution in [2.24, 2.45) is 0 Å². The molecule has 22 heteroatoms. The van der Waals surface area contributed by atoms with Crippen LogP contribution in [-0.4, -0.2) is 162 Å². The second-order valence-electron chi connectivity index (χ2n) is 19.7. The number of benzene rings is 4. The molecule has 2 aliphatic rings. The molecule has 0 saturated heterocycles. The first-order valence-corrected chi connectivity index (χ1v) is 28.5. The van der Waals surface area contributed by atoms with Gasteiger partial charge in [0.2, 0.25) is 0 Å². The Labute approximate surface area is 488 Å². The number of rotatable bonds is 29. The van der Waals surface area contributed by atoms with E-state index in [2.05, 4.69) is 125 Å². The second kappa shape index (κ2) is 31.3. The molecule has 6 aromatic rings. The third-order valence-electron chi connectivity index (χ3n) is 13.6. The van der Waals surface area contributed by atoms with Gasteiger partial charge in [-0.3, -0.25) is 0 Å². The Hall–Kier alpha value is -5.90. The standard InChI is InChI=1S/C58H70Cl4N12O6/c1-73-35-49(47-29-45(59)31-53(61)51(47)37-73)41-9-5-7-39(25-41)43-27-55(71-69-33-43)63-13-17-77-21-23-79-19-15-67-57(75)65-11-3-4-12-66-58(76)68-16-20-80-24-22-78-18-14-64-56-28-44(34-70-72-56)40-8-6-10-42(26-40)50-36-74(2)38-52-48(50)30-46(60)32-54(52)62/h5-10,25-34,49-50H,3-4,11-24,35-38H2,1-2H3,(H,63,71)(H,64,72)(H2,65,67,75)(H2,66,68,76)/t49-,50-/m0/s1. The molecule has 2 aliphatic heterocycles. The molecule has 80 heavy (non-hydrogen) atoms. The largest absolute Gasteiger partial charge is 0.377 e. The summed E-state index contributed by atoms with van der Waals surface area (Å²) in [6.07, 6.45) is 4.94. The zero-order valence-corrected chi connectivity index (χ0v) is 48.2. The SMILES string of the molecule is CN1Cc2c(Cl)cc(Cl)cc2[C@H](c2cccc(-c3cnnc(NCCOCCOCCNC(=O)NCCCCNC(=O)NCCOCCOCCNc4cc(-c5cccc([C@@H]6CN(C)Cc7c(Cl)cc(Cl)cc76)c5)cnn4)c3)c2)C1. The Morgan fingerprint density at radius 2 is 0.900 bits per heavy atom. The Balaban J connectivity index is 0.583. The zero-order valence-electron chi connectivity index (χ0n) is 45.2. The number of nitrogens with one attached hydrogen (secondary N) is 6. The van der Waals surface area contributed by atoms with Crippen molar-refractivity contribution in [1.82, 2.24) is 51.5 Å². The van der Waals surface area contributed by atoms with Crippen molar-refractivity contribution < 1.29 is 28.5 Å². The highest BCUT2D eigenvalue weighted by molar-refractivity contribution is 6.35. The number of ether oxygens (including phenoxy) is 4. The van der Waals surface area contributed by atoms with E-state index >= 15 is 0 Å². The van der Waals surface area contributed by atoms with Crippen molar-refractivity contribution in [2.75, 3.05) is 130 Å². The molecular weight excluding hydrogens is 1100 g/mol. The summed E-state index contributed by atoms with van der Waals surface area (Å²) in [4.78, 5) is 28.9. The summed E-state index contributed by atoms with van der Waals surface area (Å²) in [7, 11) is 4.21. The van der Waals surface area contributed by atoms with E-state index in [0.29, 0.717) is 137 Å². The van der Waals surface area contributed by atoms with E-state index in [4.69, 9.17) is 65.4 Å². The molecule has 0 bridgehead atoms. The molecule has 0 saturated carbocycles. The summed E-state index contributed by atoms with van der Waals surface area (Å²) in [6, 6.07) is 28.1. The number of fused-ring (bicyclic) bond motifs is 2. The van der Waals surface area contributed by atoms with Gasteiger partial charge in [-0.25, -0.2) is 9.59 Å². The molecule has 0 spiro atoms. The highest BCUT2D eigenvalue weighted by Crippen LogP contribution is 2.41. The number of amides is 4. The van der Waals surface area contributed by atoms with Gasteiger partial charge in [0.05, 0.1) is 65.2 Å². The summed E-state index contributed by atoms with van der Waals surface area (Å²) in [5.41, 5.74) is 10.9. The number of urea groups is 2. The molecule has 8 rings (SSSR count). The molecule has 426 valence electrons. The number of anilines is 2. The van der Waals surface area contributed by atoms with Gasteiger partial charge in [0.25, 0.3) is 0 Å². The van der Waals surface area contributed by atoms with Crippen molar-refractivity contribution in [2.45, 2.75) is 37.8 Å². The van der Waals surface area contributed by atoms with Crippen molar-refractivity contribution in [3.63, 3.8) is 0 Å². The van der Waals surface area contributed by atoms with Crippen molar-refractivity contribution >= 4 is 70.1 Å². The summed E-state index contributed by atoms with van der Waals surface area (Å²) in [6.45, 7) is 9.29. The van der Waals surface area contributed by atoms with Crippen LogP contribution in [0.1, 0.15) is 58.1 Å². The van der Waals surface area contributed by atoms with Crippen LogP contribution in [-0.2, 0) is 32.0 Å². The lowest BCUT2D eigenvalue weighted by Gasteiger charge is -2.33. The first-order chi connectivity index (χ1) is 39.0. The average Bonchev–Trinajstić information content (AvgIpc) is 3.54. The van der Waals surface area contributed by atoms with Crippen LogP contribution in [0.25, 0.3) is 22.3 Å². The molecule has 18 nitrogen and oxygen atoms in total. The lowest BCUT2D eigenvalue weighted by molar-refractivity contribution is 0.0532. The number of aromatic nitrogens is 4. The van der Waals surface area contributed by atoms with E-state index in [-0.39, 0.29) is 23.9 Å². The van der Waals surface area contributed by atoms with E-state index in [9.17, 15) is 9.59 Å². The van der Waals surface area contributed by atoms with Gasteiger partial charge < -0.3 is 60.6 Å².